The summed E-state index contributed by atoms with van der Waals surface area (Å²) in [5, 5.41) is 6.34. The van der Waals surface area contributed by atoms with E-state index in [9.17, 15) is 0 Å². The summed E-state index contributed by atoms with van der Waals surface area (Å²) in [4.78, 5) is 9.24. The minimum Gasteiger partial charge on any atom is -0.389 e. The van der Waals surface area contributed by atoms with E-state index in [0.29, 0.717) is 4.99 Å². The molecule has 0 aliphatic carbocycles. The van der Waals surface area contributed by atoms with Gasteiger partial charge in [-0.3, -0.25) is 0 Å². The first kappa shape index (κ1) is 13.9. The number of thiocarbonyl (C=S) groups is 1. The van der Waals surface area contributed by atoms with E-state index in [1.54, 1.807) is 11.3 Å². The van der Waals surface area contributed by atoms with Gasteiger partial charge in [0.1, 0.15) is 10.8 Å². The average Bonchev–Trinajstić information content (AvgIpc) is 2.99. The van der Waals surface area contributed by atoms with Gasteiger partial charge in [0.05, 0.1) is 16.7 Å². The summed E-state index contributed by atoms with van der Waals surface area (Å²) in [7, 11) is 0. The molecule has 0 bridgehead atoms. The fraction of sp³-hybridized carbons (Fsp3) is 0.133. The van der Waals surface area contributed by atoms with Crippen molar-refractivity contribution in [3.63, 3.8) is 0 Å². The molecule has 0 aliphatic rings. The number of hydrogen-bond donors (Lipinski definition) is 2. The van der Waals surface area contributed by atoms with Gasteiger partial charge in [-0.25, -0.2) is 9.97 Å². The Morgan fingerprint density at radius 2 is 2.19 bits per heavy atom. The van der Waals surface area contributed by atoms with E-state index in [2.05, 4.69) is 20.7 Å². The highest BCUT2D eigenvalue weighted by molar-refractivity contribution is 7.80. The molecule has 0 radical (unpaired) electrons. The van der Waals surface area contributed by atoms with Crippen LogP contribution in [0.4, 0.5) is 5.82 Å². The van der Waals surface area contributed by atoms with Gasteiger partial charge >= 0.3 is 0 Å². The Bertz CT molecular complexity index is 768. The molecule has 21 heavy (non-hydrogen) atoms. The minimum atomic E-state index is 0.385. The van der Waals surface area contributed by atoms with Crippen molar-refractivity contribution in [3.05, 3.63) is 52.5 Å². The number of thiazole rings is 1. The molecule has 0 saturated heterocycles. The van der Waals surface area contributed by atoms with E-state index in [1.165, 1.54) is 0 Å². The number of fused-ring (bicyclic) bond motifs is 1. The lowest BCUT2D eigenvalue weighted by Crippen LogP contribution is -2.13. The third-order valence-electron chi connectivity index (χ3n) is 3.15. The summed E-state index contributed by atoms with van der Waals surface area (Å²) < 4.78 is 0. The Morgan fingerprint density at radius 3 is 2.95 bits per heavy atom. The molecular weight excluding hydrogens is 300 g/mol. The number of nitrogens with zero attached hydrogens (tertiary/aromatic N) is 2. The lowest BCUT2D eigenvalue weighted by atomic mass is 10.1. The Morgan fingerprint density at radius 1 is 1.33 bits per heavy atom. The third-order valence-corrected chi connectivity index (χ3v) is 4.01. The molecular formula is C15H14N4S2. The molecule has 3 N–H and O–H groups in total. The Labute approximate surface area is 132 Å². The first-order chi connectivity index (χ1) is 10.2. The summed E-state index contributed by atoms with van der Waals surface area (Å²) in [6.45, 7) is 0.770. The van der Waals surface area contributed by atoms with Gasteiger partial charge in [-0.05, 0) is 12.1 Å². The number of pyridine rings is 1. The Balaban J connectivity index is 1.83. The largest absolute Gasteiger partial charge is 0.389 e. The van der Waals surface area contributed by atoms with Crippen LogP contribution in [-0.2, 0) is 6.42 Å². The third kappa shape index (κ3) is 3.17. The van der Waals surface area contributed by atoms with Crippen molar-refractivity contribution in [2.75, 3.05) is 11.9 Å². The van der Waals surface area contributed by atoms with Gasteiger partial charge in [0.25, 0.3) is 0 Å². The van der Waals surface area contributed by atoms with Gasteiger partial charge in [0.15, 0.2) is 0 Å². The van der Waals surface area contributed by atoms with Crippen molar-refractivity contribution in [2.24, 2.45) is 5.73 Å². The van der Waals surface area contributed by atoms with E-state index in [1.807, 2.05) is 35.8 Å². The standard InChI is InChI=1S/C15H14N4S2/c16-15(20)12-7-14(17-6-5-10-8-21-9-18-10)19-13-4-2-1-3-11(12)13/h1-4,7-9H,5-6H2,(H2,16,20)(H,17,19). The van der Waals surface area contributed by atoms with Gasteiger partial charge in [-0.1, -0.05) is 30.4 Å². The number of rotatable bonds is 5. The molecule has 0 fully saturated rings. The molecule has 0 aliphatic heterocycles. The van der Waals surface area contributed by atoms with Crippen molar-refractivity contribution in [2.45, 2.75) is 6.42 Å². The van der Waals surface area contributed by atoms with Crippen LogP contribution in [0.2, 0.25) is 0 Å². The molecule has 0 saturated carbocycles. The highest BCUT2D eigenvalue weighted by atomic mass is 32.1. The number of anilines is 1. The lowest BCUT2D eigenvalue weighted by Gasteiger charge is -2.10. The molecule has 106 valence electrons. The minimum absolute atomic E-state index is 0.385. The number of aromatic nitrogens is 2. The van der Waals surface area contributed by atoms with Crippen LogP contribution in [0, 0.1) is 0 Å². The number of para-hydroxylation sites is 1. The smallest absolute Gasteiger partial charge is 0.127 e. The molecule has 0 spiro atoms. The van der Waals surface area contributed by atoms with E-state index >= 15 is 0 Å². The molecule has 3 rings (SSSR count). The van der Waals surface area contributed by atoms with Crippen molar-refractivity contribution in [1.82, 2.24) is 9.97 Å². The van der Waals surface area contributed by atoms with Crippen LogP contribution in [-0.4, -0.2) is 21.5 Å². The number of nitrogens with one attached hydrogen (secondary N) is 1. The highest BCUT2D eigenvalue weighted by Crippen LogP contribution is 2.20. The van der Waals surface area contributed by atoms with Crippen LogP contribution in [0.5, 0.6) is 0 Å². The SMILES string of the molecule is NC(=S)c1cc(NCCc2cscn2)nc2ccccc12. The van der Waals surface area contributed by atoms with Crippen molar-refractivity contribution in [3.8, 4) is 0 Å². The molecule has 2 aromatic heterocycles. The van der Waals surface area contributed by atoms with E-state index in [-0.39, 0.29) is 0 Å². The highest BCUT2D eigenvalue weighted by Gasteiger charge is 2.07. The molecule has 4 nitrogen and oxygen atoms in total. The quantitative estimate of drug-likeness (QED) is 0.709. The first-order valence-corrected chi connectivity index (χ1v) is 7.89. The normalized spacial score (nSPS) is 10.7. The molecule has 0 unspecified atom stereocenters. The molecule has 0 atom stereocenters. The summed E-state index contributed by atoms with van der Waals surface area (Å²) in [6.07, 6.45) is 0.862. The maximum Gasteiger partial charge on any atom is 0.127 e. The first-order valence-electron chi connectivity index (χ1n) is 6.54. The zero-order valence-corrected chi connectivity index (χ0v) is 12.9. The van der Waals surface area contributed by atoms with Crippen molar-refractivity contribution in [1.29, 1.82) is 0 Å². The second kappa shape index (κ2) is 6.15. The van der Waals surface area contributed by atoms with Gasteiger partial charge in [-0.2, -0.15) is 0 Å². The monoisotopic (exact) mass is 314 g/mol. The summed E-state index contributed by atoms with van der Waals surface area (Å²) >= 11 is 6.75. The summed E-state index contributed by atoms with van der Waals surface area (Å²) in [5.74, 6) is 0.784. The van der Waals surface area contributed by atoms with Gasteiger partial charge in [-0.15, -0.1) is 11.3 Å². The predicted molar refractivity (Wildman–Crippen MR) is 91.9 cm³/mol. The van der Waals surface area contributed by atoms with Crippen LogP contribution in [0.3, 0.4) is 0 Å². The van der Waals surface area contributed by atoms with Crippen molar-refractivity contribution < 1.29 is 0 Å². The van der Waals surface area contributed by atoms with Crippen LogP contribution in [0.25, 0.3) is 10.9 Å². The fourth-order valence-corrected chi connectivity index (χ4v) is 2.91. The van der Waals surface area contributed by atoms with Crippen LogP contribution in [0.1, 0.15) is 11.3 Å². The van der Waals surface area contributed by atoms with Gasteiger partial charge in [0, 0.05) is 29.3 Å². The topological polar surface area (TPSA) is 63.8 Å². The second-order valence-corrected chi connectivity index (χ2v) is 5.75. The molecule has 1 aromatic carbocycles. The number of hydrogen-bond acceptors (Lipinski definition) is 5. The number of nitrogens with two attached hydrogens (primary N) is 1. The zero-order valence-electron chi connectivity index (χ0n) is 11.2. The maximum absolute atomic E-state index is 5.82. The Hall–Kier alpha value is -2.05. The van der Waals surface area contributed by atoms with Gasteiger partial charge in [0.2, 0.25) is 0 Å². The maximum atomic E-state index is 5.82. The fourth-order valence-electron chi connectivity index (χ4n) is 2.15. The molecule has 3 aromatic rings. The summed E-state index contributed by atoms with van der Waals surface area (Å²) in [5.41, 5.74) is 10.5. The average molecular weight is 314 g/mol. The summed E-state index contributed by atoms with van der Waals surface area (Å²) in [6, 6.07) is 9.77. The van der Waals surface area contributed by atoms with Gasteiger partial charge < -0.3 is 11.1 Å². The van der Waals surface area contributed by atoms with E-state index in [0.717, 1.165) is 40.9 Å². The molecule has 2 heterocycles. The van der Waals surface area contributed by atoms with E-state index < -0.39 is 0 Å². The van der Waals surface area contributed by atoms with Crippen LogP contribution < -0.4 is 11.1 Å². The predicted octanol–water partition coefficient (Wildman–Crippen LogP) is 2.98. The van der Waals surface area contributed by atoms with Crippen LogP contribution in [0.15, 0.2) is 41.2 Å². The second-order valence-electron chi connectivity index (χ2n) is 4.59. The Kier molecular flexibility index (Phi) is 4.08. The zero-order chi connectivity index (χ0) is 14.7. The van der Waals surface area contributed by atoms with E-state index in [4.69, 9.17) is 18.0 Å². The lowest BCUT2D eigenvalue weighted by molar-refractivity contribution is 0.970. The number of benzene rings is 1. The van der Waals surface area contributed by atoms with Crippen molar-refractivity contribution >= 4 is 45.3 Å². The molecule has 0 amide bonds. The molecule has 6 heteroatoms. The van der Waals surface area contributed by atoms with Crippen LogP contribution >= 0.6 is 23.6 Å².